The van der Waals surface area contributed by atoms with E-state index < -0.39 is 24.3 Å². The van der Waals surface area contributed by atoms with Crippen LogP contribution < -0.4 is 5.11 Å². The molecule has 0 bridgehead atoms. The molecule has 0 aromatic carbocycles. The maximum Gasteiger partial charge on any atom is 0.306 e. The van der Waals surface area contributed by atoms with Crippen LogP contribution in [0.3, 0.4) is 0 Å². The van der Waals surface area contributed by atoms with Gasteiger partial charge in [0.2, 0.25) is 0 Å². The maximum atomic E-state index is 12.7. The minimum absolute atomic E-state index is 0.152. The van der Waals surface area contributed by atoms with Crippen molar-refractivity contribution in [3.63, 3.8) is 0 Å². The Hall–Kier alpha value is -1.71. The fourth-order valence-electron chi connectivity index (χ4n) is 6.54. The van der Waals surface area contributed by atoms with Gasteiger partial charge < -0.3 is 33.3 Å². The Balaban J connectivity index is 4.24. The largest absolute Gasteiger partial charge is 0.545 e. The first-order valence-corrected chi connectivity index (χ1v) is 22.7. The van der Waals surface area contributed by atoms with E-state index in [0.717, 1.165) is 38.5 Å². The van der Waals surface area contributed by atoms with Crippen molar-refractivity contribution >= 4 is 17.9 Å². The second kappa shape index (κ2) is 38.2. The number of carbonyl (C=O) groups excluding carboxylic acids is 3. The van der Waals surface area contributed by atoms with Crippen LogP contribution in [-0.4, -0.2) is 82.3 Å². The van der Waals surface area contributed by atoms with Crippen LogP contribution >= 0.6 is 0 Å². The number of rotatable bonds is 42. The predicted molar refractivity (Wildman–Crippen MR) is 219 cm³/mol. The minimum atomic E-state index is -1.61. The molecule has 0 amide bonds. The predicted octanol–water partition coefficient (Wildman–Crippen LogP) is 10.4. The van der Waals surface area contributed by atoms with Gasteiger partial charge in [-0.3, -0.25) is 9.59 Å². The number of esters is 2. The second-order valence-corrected chi connectivity index (χ2v) is 16.7. The van der Waals surface area contributed by atoms with E-state index in [9.17, 15) is 19.5 Å². The first kappa shape index (κ1) is 52.3. The Bertz CT molecular complexity index is 861. The van der Waals surface area contributed by atoms with Gasteiger partial charge in [-0.1, -0.05) is 187 Å². The van der Waals surface area contributed by atoms with Crippen LogP contribution in [0, 0.1) is 0 Å². The molecule has 0 heterocycles. The summed E-state index contributed by atoms with van der Waals surface area (Å²) < 4.78 is 22.5. The van der Waals surface area contributed by atoms with Crippen LogP contribution in [0.15, 0.2) is 0 Å². The molecule has 2 atom stereocenters. The highest BCUT2D eigenvalue weighted by Crippen LogP contribution is 2.16. The molecule has 0 aromatic heterocycles. The van der Waals surface area contributed by atoms with Gasteiger partial charge in [-0.15, -0.1) is 0 Å². The van der Waals surface area contributed by atoms with Gasteiger partial charge >= 0.3 is 11.9 Å². The van der Waals surface area contributed by atoms with E-state index in [1.165, 1.54) is 148 Å². The maximum absolute atomic E-state index is 12.7. The quantitative estimate of drug-likeness (QED) is 0.0261. The zero-order valence-electron chi connectivity index (χ0n) is 36.1. The molecule has 320 valence electrons. The molecule has 0 aliphatic carbocycles. The Labute approximate surface area is 332 Å². The summed E-state index contributed by atoms with van der Waals surface area (Å²) >= 11 is 0. The van der Waals surface area contributed by atoms with Gasteiger partial charge in [-0.2, -0.15) is 0 Å². The Morgan fingerprint density at radius 2 is 0.833 bits per heavy atom. The Morgan fingerprint density at radius 1 is 0.481 bits per heavy atom. The molecule has 9 heteroatoms. The number of nitrogens with zero attached hydrogens (tertiary/aromatic N) is 1. The molecule has 0 aliphatic heterocycles. The number of aliphatic carboxylic acids is 1. The van der Waals surface area contributed by atoms with Crippen molar-refractivity contribution in [3.8, 4) is 0 Å². The molecule has 0 spiro atoms. The lowest BCUT2D eigenvalue weighted by atomic mass is 10.0. The lowest BCUT2D eigenvalue weighted by molar-refractivity contribution is -0.870. The third-order valence-corrected chi connectivity index (χ3v) is 10.1. The van der Waals surface area contributed by atoms with Crippen LogP contribution in [0.4, 0.5) is 0 Å². The average Bonchev–Trinajstić information content (AvgIpc) is 3.12. The van der Waals surface area contributed by atoms with Gasteiger partial charge in [0.15, 0.2) is 12.4 Å². The van der Waals surface area contributed by atoms with Gasteiger partial charge in [-0.05, 0) is 12.8 Å². The van der Waals surface area contributed by atoms with Crippen LogP contribution in [-0.2, 0) is 33.3 Å². The van der Waals surface area contributed by atoms with Crippen molar-refractivity contribution in [1.29, 1.82) is 0 Å². The first-order valence-electron chi connectivity index (χ1n) is 22.7. The summed E-state index contributed by atoms with van der Waals surface area (Å²) in [5, 5.41) is 11.7. The highest BCUT2D eigenvalue weighted by atomic mass is 16.7. The molecule has 0 saturated carbocycles. The SMILES string of the molecule is CCCCCCCCCCCCCCCCCCCCCCCC(=O)OC(COC(=O)CCCCCCCCCC)COC(OCC[N+](C)(C)C)C(=O)[O-]. The third kappa shape index (κ3) is 38.6. The number of hydrogen-bond donors (Lipinski definition) is 0. The lowest BCUT2D eigenvalue weighted by Gasteiger charge is -2.26. The number of carboxylic acids is 1. The molecule has 0 rings (SSSR count). The summed E-state index contributed by atoms with van der Waals surface area (Å²) in [6.45, 7) is 4.73. The minimum Gasteiger partial charge on any atom is -0.545 e. The first-order chi connectivity index (χ1) is 26.1. The summed E-state index contributed by atoms with van der Waals surface area (Å²) in [5.41, 5.74) is 0. The zero-order valence-corrected chi connectivity index (χ0v) is 36.1. The van der Waals surface area contributed by atoms with E-state index in [4.69, 9.17) is 18.9 Å². The Kier molecular flexibility index (Phi) is 37.0. The van der Waals surface area contributed by atoms with Crippen molar-refractivity contribution in [2.45, 2.75) is 225 Å². The number of carbonyl (C=O) groups is 3. The molecule has 0 fully saturated rings. The van der Waals surface area contributed by atoms with E-state index in [-0.39, 0.29) is 32.2 Å². The van der Waals surface area contributed by atoms with Gasteiger partial charge in [0, 0.05) is 12.8 Å². The molecular weight excluding hydrogens is 682 g/mol. The summed E-state index contributed by atoms with van der Waals surface area (Å²) in [5.74, 6) is -2.27. The number of ether oxygens (including phenoxy) is 4. The number of likely N-dealkylation sites (N-methyl/N-ethyl adjacent to an activating group) is 1. The summed E-state index contributed by atoms with van der Waals surface area (Å²) in [4.78, 5) is 36.8. The average molecular weight is 770 g/mol. The van der Waals surface area contributed by atoms with Crippen molar-refractivity contribution < 1.29 is 42.9 Å². The number of hydrogen-bond acceptors (Lipinski definition) is 8. The molecule has 0 N–H and O–H groups in total. The monoisotopic (exact) mass is 770 g/mol. The molecule has 9 nitrogen and oxygen atoms in total. The topological polar surface area (TPSA) is 111 Å². The number of unbranched alkanes of at least 4 members (excludes halogenated alkanes) is 27. The highest BCUT2D eigenvalue weighted by Gasteiger charge is 2.21. The van der Waals surface area contributed by atoms with Crippen molar-refractivity contribution in [3.05, 3.63) is 0 Å². The summed E-state index contributed by atoms with van der Waals surface area (Å²) in [7, 11) is 5.91. The Morgan fingerprint density at radius 3 is 1.19 bits per heavy atom. The lowest BCUT2D eigenvalue weighted by Crippen LogP contribution is -2.44. The van der Waals surface area contributed by atoms with Crippen LogP contribution in [0.5, 0.6) is 0 Å². The molecule has 2 unspecified atom stereocenters. The molecule has 0 aliphatic rings. The normalized spacial score (nSPS) is 12.8. The second-order valence-electron chi connectivity index (χ2n) is 16.7. The fourth-order valence-corrected chi connectivity index (χ4v) is 6.54. The van der Waals surface area contributed by atoms with Crippen molar-refractivity contribution in [2.24, 2.45) is 0 Å². The van der Waals surface area contributed by atoms with Crippen LogP contribution in [0.2, 0.25) is 0 Å². The van der Waals surface area contributed by atoms with E-state index in [1.54, 1.807) is 0 Å². The molecule has 0 saturated heterocycles. The van der Waals surface area contributed by atoms with Crippen molar-refractivity contribution in [1.82, 2.24) is 0 Å². The molecule has 54 heavy (non-hydrogen) atoms. The van der Waals surface area contributed by atoms with E-state index in [1.807, 2.05) is 21.1 Å². The standard InChI is InChI=1S/C45H87NO8/c1-6-8-10-12-14-16-17-18-19-20-21-22-23-24-25-26-27-28-30-32-34-36-43(48)54-41(40-53-45(44(49)50)51-38-37-46(3,4)5)39-52-42(47)35-33-31-29-15-13-11-9-7-2/h41,45H,6-40H2,1-5H3. The van der Waals surface area contributed by atoms with Crippen LogP contribution in [0.25, 0.3) is 0 Å². The number of carboxylic acid groups (broad SMARTS) is 1. The third-order valence-electron chi connectivity index (χ3n) is 10.1. The zero-order chi connectivity index (χ0) is 40.0. The fraction of sp³-hybridized carbons (Fsp3) is 0.933. The molecule has 0 radical (unpaired) electrons. The van der Waals surface area contributed by atoms with Gasteiger partial charge in [0.25, 0.3) is 0 Å². The van der Waals surface area contributed by atoms with Gasteiger partial charge in [0.1, 0.15) is 13.2 Å². The highest BCUT2D eigenvalue weighted by molar-refractivity contribution is 5.70. The van der Waals surface area contributed by atoms with Crippen molar-refractivity contribution in [2.75, 3.05) is 47.5 Å². The van der Waals surface area contributed by atoms with Crippen LogP contribution in [0.1, 0.15) is 213 Å². The van der Waals surface area contributed by atoms with E-state index in [2.05, 4.69) is 13.8 Å². The summed E-state index contributed by atoms with van der Waals surface area (Å²) in [6.07, 6.45) is 34.4. The van der Waals surface area contributed by atoms with Gasteiger partial charge in [0.05, 0.1) is 40.3 Å². The van der Waals surface area contributed by atoms with Gasteiger partial charge in [-0.25, -0.2) is 0 Å². The van der Waals surface area contributed by atoms with E-state index >= 15 is 0 Å². The smallest absolute Gasteiger partial charge is 0.306 e. The van der Waals surface area contributed by atoms with E-state index in [0.29, 0.717) is 17.4 Å². The molecule has 0 aromatic rings. The number of quaternary nitrogens is 1. The summed E-state index contributed by atoms with van der Waals surface area (Å²) in [6, 6.07) is 0. The molecular formula is C45H87NO8.